The third kappa shape index (κ3) is 5.17. The van der Waals surface area contributed by atoms with Crippen LogP contribution in [0.5, 0.6) is 11.5 Å². The number of nitrogens with zero attached hydrogens (tertiary/aromatic N) is 1. The van der Waals surface area contributed by atoms with Crippen molar-refractivity contribution in [2.45, 2.75) is 11.1 Å². The predicted molar refractivity (Wildman–Crippen MR) is 112 cm³/mol. The molecule has 0 fully saturated rings. The van der Waals surface area contributed by atoms with Crippen LogP contribution >= 0.6 is 0 Å². The van der Waals surface area contributed by atoms with Crippen molar-refractivity contribution < 1.29 is 35.9 Å². The molecule has 172 valence electrons. The maximum absolute atomic E-state index is 12.7. The van der Waals surface area contributed by atoms with Crippen molar-refractivity contribution in [3.63, 3.8) is 0 Å². The average molecular weight is 479 g/mol. The zero-order valence-corrected chi connectivity index (χ0v) is 17.5. The maximum Gasteiger partial charge on any atom is 0.416 e. The summed E-state index contributed by atoms with van der Waals surface area (Å²) in [5, 5.41) is 2.44. The molecule has 4 rings (SSSR count). The van der Waals surface area contributed by atoms with Gasteiger partial charge in [-0.25, -0.2) is 8.42 Å². The highest BCUT2D eigenvalue weighted by molar-refractivity contribution is 7.92. The number of alkyl halides is 3. The smallest absolute Gasteiger partial charge is 0.416 e. The second-order valence-corrected chi connectivity index (χ2v) is 8.58. The van der Waals surface area contributed by atoms with E-state index in [2.05, 4.69) is 15.0 Å². The Balaban J connectivity index is 1.49. The number of benzene rings is 2. The summed E-state index contributed by atoms with van der Waals surface area (Å²) in [6, 6.07) is 9.32. The van der Waals surface area contributed by atoms with Crippen molar-refractivity contribution in [3.05, 3.63) is 72.1 Å². The molecule has 0 radical (unpaired) electrons. The molecule has 12 heteroatoms. The summed E-state index contributed by atoms with van der Waals surface area (Å²) in [5.41, 5.74) is -0.699. The van der Waals surface area contributed by atoms with Crippen LogP contribution in [0.25, 0.3) is 0 Å². The lowest BCUT2D eigenvalue weighted by Gasteiger charge is -2.19. The SMILES string of the molecule is O=C(Nc1ccc(C(F)(F)F)cc1)c1cncc(NS(=O)(=O)c2ccc3c(c2)OCCO3)c1. The minimum atomic E-state index is -4.49. The van der Waals surface area contributed by atoms with Crippen LogP contribution in [0.3, 0.4) is 0 Å². The fourth-order valence-corrected chi connectivity index (χ4v) is 4.02. The number of aromatic nitrogens is 1. The highest BCUT2D eigenvalue weighted by Crippen LogP contribution is 2.33. The molecule has 1 amide bonds. The van der Waals surface area contributed by atoms with Gasteiger partial charge in [0, 0.05) is 18.0 Å². The quantitative estimate of drug-likeness (QED) is 0.575. The number of sulfonamides is 1. The number of hydrogen-bond donors (Lipinski definition) is 2. The molecule has 2 N–H and O–H groups in total. The molecule has 1 aromatic heterocycles. The van der Waals surface area contributed by atoms with E-state index in [1.807, 2.05) is 0 Å². The van der Waals surface area contributed by atoms with Gasteiger partial charge in [-0.15, -0.1) is 0 Å². The van der Waals surface area contributed by atoms with E-state index >= 15 is 0 Å². The molecule has 0 aliphatic carbocycles. The van der Waals surface area contributed by atoms with Gasteiger partial charge < -0.3 is 14.8 Å². The molecule has 0 atom stereocenters. The zero-order chi connectivity index (χ0) is 23.6. The zero-order valence-electron chi connectivity index (χ0n) is 16.7. The molecule has 33 heavy (non-hydrogen) atoms. The molecule has 2 heterocycles. The van der Waals surface area contributed by atoms with Gasteiger partial charge in [0.25, 0.3) is 15.9 Å². The lowest BCUT2D eigenvalue weighted by molar-refractivity contribution is -0.137. The normalized spacial score (nSPS) is 13.3. The number of ether oxygens (including phenoxy) is 2. The van der Waals surface area contributed by atoms with E-state index in [0.717, 1.165) is 24.3 Å². The highest BCUT2D eigenvalue weighted by Gasteiger charge is 2.30. The number of carbonyl (C=O) groups is 1. The first-order valence-corrected chi connectivity index (χ1v) is 11.0. The van der Waals surface area contributed by atoms with Crippen LogP contribution in [0.2, 0.25) is 0 Å². The Hall–Kier alpha value is -3.80. The van der Waals surface area contributed by atoms with Gasteiger partial charge >= 0.3 is 6.18 Å². The van der Waals surface area contributed by atoms with Crippen molar-refractivity contribution in [2.24, 2.45) is 0 Å². The first-order chi connectivity index (χ1) is 15.6. The standard InChI is InChI=1S/C21H16F3N3O5S/c22-21(23,24)14-1-3-15(4-2-14)26-20(28)13-9-16(12-25-11-13)27-33(29,30)17-5-6-18-19(10-17)32-8-7-31-18/h1-6,9-12,27H,7-8H2,(H,26,28). The number of halogens is 3. The number of anilines is 2. The Morgan fingerprint density at radius 2 is 1.61 bits per heavy atom. The number of carbonyl (C=O) groups excluding carboxylic acids is 1. The minimum absolute atomic E-state index is 0.00253. The summed E-state index contributed by atoms with van der Waals surface area (Å²) in [4.78, 5) is 16.2. The van der Waals surface area contributed by atoms with Crippen LogP contribution < -0.4 is 19.5 Å². The molecule has 1 aliphatic heterocycles. The monoisotopic (exact) mass is 479 g/mol. The fraction of sp³-hybridized carbons (Fsp3) is 0.143. The van der Waals surface area contributed by atoms with Crippen LogP contribution in [-0.4, -0.2) is 32.5 Å². The first kappa shape index (κ1) is 22.4. The van der Waals surface area contributed by atoms with Gasteiger partial charge in [-0.3, -0.25) is 14.5 Å². The molecule has 0 unspecified atom stereocenters. The molecule has 1 aliphatic rings. The second kappa shape index (κ2) is 8.62. The Kier molecular flexibility index (Phi) is 5.85. The molecule has 3 aromatic rings. The third-order valence-electron chi connectivity index (χ3n) is 4.55. The molecule has 2 aromatic carbocycles. The van der Waals surface area contributed by atoms with Crippen molar-refractivity contribution in [1.82, 2.24) is 4.98 Å². The summed E-state index contributed by atoms with van der Waals surface area (Å²) in [6.45, 7) is 0.661. The lowest BCUT2D eigenvalue weighted by atomic mass is 10.2. The number of nitrogens with one attached hydrogen (secondary N) is 2. The van der Waals surface area contributed by atoms with Crippen molar-refractivity contribution in [1.29, 1.82) is 0 Å². The van der Waals surface area contributed by atoms with E-state index in [0.29, 0.717) is 24.7 Å². The van der Waals surface area contributed by atoms with E-state index in [1.54, 1.807) is 0 Å². The maximum atomic E-state index is 12.7. The van der Waals surface area contributed by atoms with Gasteiger partial charge in [0.15, 0.2) is 11.5 Å². The van der Waals surface area contributed by atoms with Crippen LogP contribution in [0.4, 0.5) is 24.5 Å². The fourth-order valence-electron chi connectivity index (χ4n) is 2.97. The van der Waals surface area contributed by atoms with Crippen LogP contribution in [0, 0.1) is 0 Å². The van der Waals surface area contributed by atoms with Crippen LogP contribution in [0.15, 0.2) is 65.8 Å². The van der Waals surface area contributed by atoms with Gasteiger partial charge in [-0.05, 0) is 42.5 Å². The lowest BCUT2D eigenvalue weighted by Crippen LogP contribution is -2.18. The Morgan fingerprint density at radius 3 is 2.30 bits per heavy atom. The number of hydrogen-bond acceptors (Lipinski definition) is 6. The first-order valence-electron chi connectivity index (χ1n) is 9.48. The van der Waals surface area contributed by atoms with Gasteiger partial charge in [0.2, 0.25) is 0 Å². The molecule has 0 saturated heterocycles. The second-order valence-electron chi connectivity index (χ2n) is 6.90. The van der Waals surface area contributed by atoms with Gasteiger partial charge in [-0.1, -0.05) is 0 Å². The Morgan fingerprint density at radius 1 is 0.909 bits per heavy atom. The number of rotatable bonds is 5. The average Bonchev–Trinajstić information content (AvgIpc) is 2.78. The van der Waals surface area contributed by atoms with Gasteiger partial charge in [0.05, 0.1) is 27.9 Å². The molecule has 0 bridgehead atoms. The van der Waals surface area contributed by atoms with E-state index in [-0.39, 0.29) is 21.8 Å². The Labute approximate surface area is 186 Å². The van der Waals surface area contributed by atoms with Crippen molar-refractivity contribution in [2.75, 3.05) is 23.3 Å². The van der Waals surface area contributed by atoms with Crippen LogP contribution in [0.1, 0.15) is 15.9 Å². The molecular weight excluding hydrogens is 463 g/mol. The molecule has 0 saturated carbocycles. The molecule has 0 spiro atoms. The van der Waals surface area contributed by atoms with E-state index in [4.69, 9.17) is 9.47 Å². The predicted octanol–water partition coefficient (Wildman–Crippen LogP) is 3.92. The minimum Gasteiger partial charge on any atom is -0.486 e. The highest BCUT2D eigenvalue weighted by atomic mass is 32.2. The van der Waals surface area contributed by atoms with Gasteiger partial charge in [0.1, 0.15) is 13.2 Å². The van der Waals surface area contributed by atoms with Gasteiger partial charge in [-0.2, -0.15) is 13.2 Å². The number of amides is 1. The summed E-state index contributed by atoms with van der Waals surface area (Å²) in [5.74, 6) is 0.0540. The number of fused-ring (bicyclic) bond motifs is 1. The summed E-state index contributed by atoms with van der Waals surface area (Å²) in [6.07, 6.45) is -2.08. The number of pyridine rings is 1. The topological polar surface area (TPSA) is 107 Å². The largest absolute Gasteiger partial charge is 0.486 e. The summed E-state index contributed by atoms with van der Waals surface area (Å²) >= 11 is 0. The van der Waals surface area contributed by atoms with Crippen molar-refractivity contribution >= 4 is 27.3 Å². The van der Waals surface area contributed by atoms with E-state index < -0.39 is 27.7 Å². The van der Waals surface area contributed by atoms with Crippen LogP contribution in [-0.2, 0) is 16.2 Å². The Bertz CT molecular complexity index is 1300. The molecule has 8 nitrogen and oxygen atoms in total. The van der Waals surface area contributed by atoms with E-state index in [9.17, 15) is 26.4 Å². The summed E-state index contributed by atoms with van der Waals surface area (Å²) in [7, 11) is -4.03. The third-order valence-corrected chi connectivity index (χ3v) is 5.93. The summed E-state index contributed by atoms with van der Waals surface area (Å²) < 4.78 is 76.6. The van der Waals surface area contributed by atoms with Crippen molar-refractivity contribution in [3.8, 4) is 11.5 Å². The van der Waals surface area contributed by atoms with E-state index in [1.165, 1.54) is 36.7 Å². The molecular formula is C21H16F3N3O5S.